The third-order valence-corrected chi connectivity index (χ3v) is 4.14. The van der Waals surface area contributed by atoms with Crippen LogP contribution >= 0.6 is 0 Å². The molecular formula is C18H22N4O2. The number of carbonyl (C=O) groups is 1. The summed E-state index contributed by atoms with van der Waals surface area (Å²) in [6, 6.07) is 6.07. The minimum Gasteiger partial charge on any atom is -0.492 e. The first-order valence-electron chi connectivity index (χ1n) is 8.14. The van der Waals surface area contributed by atoms with Crippen LogP contribution in [0.5, 0.6) is 5.75 Å². The van der Waals surface area contributed by atoms with Gasteiger partial charge in [-0.15, -0.1) is 0 Å². The van der Waals surface area contributed by atoms with Gasteiger partial charge in [0.25, 0.3) is 5.91 Å². The Hall–Kier alpha value is -2.63. The van der Waals surface area contributed by atoms with E-state index in [9.17, 15) is 4.79 Å². The fourth-order valence-corrected chi connectivity index (χ4v) is 2.69. The third kappa shape index (κ3) is 3.48. The van der Waals surface area contributed by atoms with Gasteiger partial charge in [0, 0.05) is 12.1 Å². The molecule has 6 heteroatoms. The average molecular weight is 326 g/mol. The minimum absolute atomic E-state index is 0.129. The largest absolute Gasteiger partial charge is 0.492 e. The van der Waals surface area contributed by atoms with Gasteiger partial charge < -0.3 is 15.4 Å². The first kappa shape index (κ1) is 16.2. The molecular weight excluding hydrogens is 304 g/mol. The average Bonchev–Trinajstić information content (AvgIpc) is 2.55. The van der Waals surface area contributed by atoms with Gasteiger partial charge in [0.2, 0.25) is 0 Å². The molecule has 0 saturated heterocycles. The zero-order valence-corrected chi connectivity index (χ0v) is 14.3. The van der Waals surface area contributed by atoms with Crippen LogP contribution in [0, 0.1) is 20.8 Å². The number of anilines is 1. The highest BCUT2D eigenvalue weighted by Gasteiger charge is 2.22. The van der Waals surface area contributed by atoms with Crippen molar-refractivity contribution in [3.63, 3.8) is 0 Å². The number of carbonyl (C=O) groups excluding carboxylic acids is 1. The van der Waals surface area contributed by atoms with Gasteiger partial charge in [-0.1, -0.05) is 6.07 Å². The zero-order chi connectivity index (χ0) is 17.1. The quantitative estimate of drug-likeness (QED) is 0.824. The Morgan fingerprint density at radius 2 is 2.04 bits per heavy atom. The van der Waals surface area contributed by atoms with E-state index in [0.717, 1.165) is 23.6 Å². The summed E-state index contributed by atoms with van der Waals surface area (Å²) in [5, 5.41) is 6.08. The molecule has 2 N–H and O–H groups in total. The Balaban J connectivity index is 1.63. The number of hydrogen-bond acceptors (Lipinski definition) is 5. The molecule has 6 nitrogen and oxygen atoms in total. The van der Waals surface area contributed by atoms with Crippen LogP contribution in [-0.2, 0) is 6.42 Å². The van der Waals surface area contributed by atoms with Crippen LogP contribution in [0.25, 0.3) is 0 Å². The molecule has 1 aliphatic rings. The van der Waals surface area contributed by atoms with E-state index in [1.54, 1.807) is 6.92 Å². The number of fused-ring (bicyclic) bond motifs is 1. The molecule has 0 spiro atoms. The molecule has 0 aliphatic carbocycles. The van der Waals surface area contributed by atoms with E-state index in [1.165, 1.54) is 11.1 Å². The summed E-state index contributed by atoms with van der Waals surface area (Å²) in [6.45, 7) is 7.69. The number of benzene rings is 1. The molecule has 0 saturated carbocycles. The standard InChI is InChI=1S/C18H22N4O2/c1-11-4-5-14(10-12(11)2)24-9-8-19-17-15-6-7-20-18(23)16(15)21-13(3)22-17/h4-5,10H,6-9H2,1-3H3,(H,20,23)(H,19,21,22). The molecule has 0 radical (unpaired) electrons. The summed E-state index contributed by atoms with van der Waals surface area (Å²) in [7, 11) is 0. The van der Waals surface area contributed by atoms with Crippen molar-refractivity contribution in [1.29, 1.82) is 0 Å². The molecule has 0 unspecified atom stereocenters. The summed E-state index contributed by atoms with van der Waals surface area (Å²) in [4.78, 5) is 20.6. The summed E-state index contributed by atoms with van der Waals surface area (Å²) >= 11 is 0. The lowest BCUT2D eigenvalue weighted by atomic mass is 10.1. The van der Waals surface area contributed by atoms with Gasteiger partial charge in [-0.05, 0) is 50.5 Å². The van der Waals surface area contributed by atoms with E-state index in [4.69, 9.17) is 4.74 Å². The molecule has 0 bridgehead atoms. The van der Waals surface area contributed by atoms with Gasteiger partial charge in [-0.3, -0.25) is 4.79 Å². The maximum absolute atomic E-state index is 11.9. The molecule has 1 amide bonds. The van der Waals surface area contributed by atoms with Gasteiger partial charge in [0.05, 0.1) is 6.54 Å². The van der Waals surface area contributed by atoms with Crippen molar-refractivity contribution in [3.8, 4) is 5.75 Å². The van der Waals surface area contributed by atoms with Crippen molar-refractivity contribution in [3.05, 3.63) is 46.4 Å². The van der Waals surface area contributed by atoms with Crippen molar-refractivity contribution in [2.24, 2.45) is 0 Å². The zero-order valence-electron chi connectivity index (χ0n) is 14.3. The van der Waals surface area contributed by atoms with Gasteiger partial charge in [-0.2, -0.15) is 0 Å². The van der Waals surface area contributed by atoms with Crippen LogP contribution in [0.3, 0.4) is 0 Å². The van der Waals surface area contributed by atoms with E-state index in [2.05, 4.69) is 40.5 Å². The van der Waals surface area contributed by atoms with Crippen LogP contribution in [0.15, 0.2) is 18.2 Å². The second-order valence-corrected chi connectivity index (χ2v) is 5.97. The maximum Gasteiger partial charge on any atom is 0.270 e. The topological polar surface area (TPSA) is 76.1 Å². The van der Waals surface area contributed by atoms with Crippen molar-refractivity contribution in [1.82, 2.24) is 15.3 Å². The molecule has 1 aliphatic heterocycles. The smallest absolute Gasteiger partial charge is 0.270 e. The molecule has 3 rings (SSSR count). The Morgan fingerprint density at radius 1 is 1.21 bits per heavy atom. The van der Waals surface area contributed by atoms with Crippen LogP contribution in [-0.4, -0.2) is 35.6 Å². The minimum atomic E-state index is -0.129. The number of hydrogen-bond donors (Lipinski definition) is 2. The lowest BCUT2D eigenvalue weighted by Crippen LogP contribution is -2.34. The van der Waals surface area contributed by atoms with Crippen molar-refractivity contribution >= 4 is 11.7 Å². The van der Waals surface area contributed by atoms with Crippen LogP contribution in [0.2, 0.25) is 0 Å². The number of aryl methyl sites for hydroxylation is 3. The fraction of sp³-hybridized carbons (Fsp3) is 0.389. The Morgan fingerprint density at radius 3 is 2.83 bits per heavy atom. The third-order valence-electron chi connectivity index (χ3n) is 4.14. The Bertz CT molecular complexity index is 774. The molecule has 1 aromatic carbocycles. The van der Waals surface area contributed by atoms with Crippen molar-refractivity contribution in [2.75, 3.05) is 25.0 Å². The molecule has 24 heavy (non-hydrogen) atoms. The highest BCUT2D eigenvalue weighted by Crippen LogP contribution is 2.20. The Kier molecular flexibility index (Phi) is 4.64. The highest BCUT2D eigenvalue weighted by molar-refractivity contribution is 5.95. The van der Waals surface area contributed by atoms with Gasteiger partial charge in [-0.25, -0.2) is 9.97 Å². The first-order chi connectivity index (χ1) is 11.5. The Labute approximate surface area is 141 Å². The van der Waals surface area contributed by atoms with Gasteiger partial charge >= 0.3 is 0 Å². The van der Waals surface area contributed by atoms with E-state index < -0.39 is 0 Å². The van der Waals surface area contributed by atoms with Crippen molar-refractivity contribution in [2.45, 2.75) is 27.2 Å². The molecule has 0 atom stereocenters. The molecule has 1 aromatic heterocycles. The predicted molar refractivity (Wildman–Crippen MR) is 92.7 cm³/mol. The number of amides is 1. The number of rotatable bonds is 5. The van der Waals surface area contributed by atoms with Crippen LogP contribution in [0.1, 0.15) is 33.0 Å². The molecule has 2 aromatic rings. The van der Waals surface area contributed by atoms with E-state index in [0.29, 0.717) is 31.2 Å². The number of ether oxygens (including phenoxy) is 1. The number of nitrogens with zero attached hydrogens (tertiary/aromatic N) is 2. The second kappa shape index (κ2) is 6.86. The lowest BCUT2D eigenvalue weighted by molar-refractivity contribution is 0.0940. The highest BCUT2D eigenvalue weighted by atomic mass is 16.5. The summed E-state index contributed by atoms with van der Waals surface area (Å²) < 4.78 is 5.77. The molecule has 0 fully saturated rings. The number of nitrogens with one attached hydrogen (secondary N) is 2. The summed E-state index contributed by atoms with van der Waals surface area (Å²) in [6.07, 6.45) is 0.738. The van der Waals surface area contributed by atoms with Crippen molar-refractivity contribution < 1.29 is 9.53 Å². The summed E-state index contributed by atoms with van der Waals surface area (Å²) in [5.41, 5.74) is 3.83. The van der Waals surface area contributed by atoms with Gasteiger partial charge in [0.1, 0.15) is 29.7 Å². The molecule has 2 heterocycles. The lowest BCUT2D eigenvalue weighted by Gasteiger charge is -2.19. The fourth-order valence-electron chi connectivity index (χ4n) is 2.69. The summed E-state index contributed by atoms with van der Waals surface area (Å²) in [5.74, 6) is 2.05. The van der Waals surface area contributed by atoms with Gasteiger partial charge in [0.15, 0.2) is 0 Å². The normalized spacial score (nSPS) is 13.2. The SMILES string of the molecule is Cc1nc(NCCOc2ccc(C)c(C)c2)c2c(n1)C(=O)NCC2. The monoisotopic (exact) mass is 326 g/mol. The number of aromatic nitrogens is 2. The van der Waals surface area contributed by atoms with E-state index >= 15 is 0 Å². The van der Waals surface area contributed by atoms with Crippen LogP contribution in [0.4, 0.5) is 5.82 Å². The predicted octanol–water partition coefficient (Wildman–Crippen LogP) is 2.18. The van der Waals surface area contributed by atoms with Crippen LogP contribution < -0.4 is 15.4 Å². The van der Waals surface area contributed by atoms with E-state index in [-0.39, 0.29) is 5.91 Å². The first-order valence-corrected chi connectivity index (χ1v) is 8.14. The second-order valence-electron chi connectivity index (χ2n) is 5.97. The van der Waals surface area contributed by atoms with E-state index in [1.807, 2.05) is 12.1 Å². The molecule has 126 valence electrons. The maximum atomic E-state index is 11.9.